The van der Waals surface area contributed by atoms with Crippen LogP contribution >= 0.6 is 22.9 Å². The van der Waals surface area contributed by atoms with Gasteiger partial charge in [0, 0.05) is 45.5 Å². The van der Waals surface area contributed by atoms with Crippen LogP contribution in [0.15, 0.2) is 91.1 Å². The van der Waals surface area contributed by atoms with Crippen LogP contribution in [0.1, 0.15) is 31.3 Å². The Kier molecular flexibility index (Phi) is 5.40. The third-order valence-corrected chi connectivity index (χ3v) is 7.92. The van der Waals surface area contributed by atoms with Gasteiger partial charge in [0.2, 0.25) is 0 Å². The highest BCUT2D eigenvalue weighted by atomic mass is 35.5. The molecule has 2 amide bonds. The fourth-order valence-electron chi connectivity index (χ4n) is 4.47. The highest BCUT2D eigenvalue weighted by Crippen LogP contribution is 2.35. The summed E-state index contributed by atoms with van der Waals surface area (Å²) >= 11 is 7.81. The number of nitrogens with zero attached hydrogens (tertiary/aromatic N) is 2. The van der Waals surface area contributed by atoms with Gasteiger partial charge in [0.1, 0.15) is 4.88 Å². The third kappa shape index (κ3) is 3.91. The van der Waals surface area contributed by atoms with E-state index in [2.05, 4.69) is 16.0 Å². The van der Waals surface area contributed by atoms with Gasteiger partial charge < -0.3 is 14.8 Å². The van der Waals surface area contributed by atoms with Gasteiger partial charge in [0.05, 0.1) is 11.6 Å². The third-order valence-electron chi connectivity index (χ3n) is 6.24. The van der Waals surface area contributed by atoms with Crippen LogP contribution < -0.4 is 10.2 Å². The molecule has 0 aliphatic carbocycles. The number of rotatable bonds is 3. The number of fused-ring (bicyclic) bond motifs is 3. The zero-order valence-electron chi connectivity index (χ0n) is 18.6. The van der Waals surface area contributed by atoms with Gasteiger partial charge in [-0.2, -0.15) is 0 Å². The van der Waals surface area contributed by atoms with Crippen LogP contribution in [0.25, 0.3) is 10.1 Å². The molecule has 0 unspecified atom stereocenters. The average Bonchev–Trinajstić information content (AvgIpc) is 3.42. The monoisotopic (exact) mass is 497 g/mol. The van der Waals surface area contributed by atoms with Gasteiger partial charge in [0.15, 0.2) is 0 Å². The molecule has 1 aliphatic heterocycles. The Morgan fingerprint density at radius 3 is 2.46 bits per heavy atom. The highest BCUT2D eigenvalue weighted by Gasteiger charge is 2.25. The van der Waals surface area contributed by atoms with E-state index in [1.54, 1.807) is 24.3 Å². The van der Waals surface area contributed by atoms with Gasteiger partial charge in [-0.3, -0.25) is 9.59 Å². The van der Waals surface area contributed by atoms with Gasteiger partial charge >= 0.3 is 0 Å². The second-order valence-electron chi connectivity index (χ2n) is 8.42. The summed E-state index contributed by atoms with van der Waals surface area (Å²) in [6.07, 6.45) is 2.04. The zero-order valence-corrected chi connectivity index (χ0v) is 20.1. The van der Waals surface area contributed by atoms with Gasteiger partial charge in [-0.05, 0) is 54.1 Å². The van der Waals surface area contributed by atoms with Crippen molar-refractivity contribution < 1.29 is 9.59 Å². The number of hydrogen-bond acceptors (Lipinski definition) is 3. The molecule has 0 bridgehead atoms. The Morgan fingerprint density at radius 2 is 1.63 bits per heavy atom. The number of nitrogens with one attached hydrogen (secondary N) is 1. The topological polar surface area (TPSA) is 54.3 Å². The predicted molar refractivity (Wildman–Crippen MR) is 142 cm³/mol. The Labute approximate surface area is 211 Å². The Morgan fingerprint density at radius 1 is 0.857 bits per heavy atom. The minimum absolute atomic E-state index is 0.0856. The fourth-order valence-corrected chi connectivity index (χ4v) is 5.88. The summed E-state index contributed by atoms with van der Waals surface area (Å²) in [5.41, 5.74) is 4.25. The Bertz CT molecular complexity index is 1590. The lowest BCUT2D eigenvalue weighted by Crippen LogP contribution is -2.30. The molecule has 0 spiro atoms. The number of thiophene rings is 1. The predicted octanol–water partition coefficient (Wildman–Crippen LogP) is 6.82. The molecule has 2 aromatic heterocycles. The summed E-state index contributed by atoms with van der Waals surface area (Å²) in [5.74, 6) is -0.352. The maximum Gasteiger partial charge on any atom is 0.267 e. The van der Waals surface area contributed by atoms with Crippen LogP contribution in [0.4, 0.5) is 11.4 Å². The van der Waals surface area contributed by atoms with E-state index >= 15 is 0 Å². The first kappa shape index (κ1) is 21.6. The van der Waals surface area contributed by atoms with Crippen LogP contribution in [0.2, 0.25) is 5.02 Å². The normalized spacial score (nSPS) is 12.7. The average molecular weight is 498 g/mol. The quantitative estimate of drug-likeness (QED) is 0.297. The molecule has 3 aromatic carbocycles. The van der Waals surface area contributed by atoms with Crippen molar-refractivity contribution in [2.24, 2.45) is 0 Å². The van der Waals surface area contributed by atoms with E-state index < -0.39 is 0 Å². The Balaban J connectivity index is 1.25. The SMILES string of the molecule is O=C(Nc1ccc(C(=O)N2Cc3cccn3Cc3ccccc32)cc1)c1sc2ccccc2c1Cl. The fraction of sp³-hybridized carbons (Fsp3) is 0.0714. The van der Waals surface area contributed by atoms with Gasteiger partial charge in [-0.25, -0.2) is 0 Å². The van der Waals surface area contributed by atoms with E-state index in [-0.39, 0.29) is 11.8 Å². The summed E-state index contributed by atoms with van der Waals surface area (Å²) in [7, 11) is 0. The molecule has 172 valence electrons. The van der Waals surface area contributed by atoms with Crippen molar-refractivity contribution in [2.75, 3.05) is 10.2 Å². The molecular weight excluding hydrogens is 478 g/mol. The van der Waals surface area contributed by atoms with Crippen LogP contribution in [-0.2, 0) is 13.1 Å². The first-order chi connectivity index (χ1) is 17.1. The van der Waals surface area contributed by atoms with Gasteiger partial charge in [0.25, 0.3) is 11.8 Å². The lowest BCUT2D eigenvalue weighted by molar-refractivity contribution is 0.0984. The van der Waals surface area contributed by atoms with E-state index in [1.807, 2.05) is 65.7 Å². The molecule has 0 saturated heterocycles. The van der Waals surface area contributed by atoms with Crippen LogP contribution in [0, 0.1) is 0 Å². The zero-order chi connectivity index (χ0) is 23.9. The maximum absolute atomic E-state index is 13.6. The molecule has 5 nitrogen and oxygen atoms in total. The van der Waals surface area contributed by atoms with E-state index in [0.29, 0.717) is 27.7 Å². The number of carbonyl (C=O) groups excluding carboxylic acids is 2. The molecule has 35 heavy (non-hydrogen) atoms. The van der Waals surface area contributed by atoms with E-state index in [1.165, 1.54) is 11.3 Å². The number of benzene rings is 3. The highest BCUT2D eigenvalue weighted by molar-refractivity contribution is 7.21. The second kappa shape index (κ2) is 8.73. The molecule has 0 saturated carbocycles. The standard InChI is InChI=1S/C28H20ClN3O2S/c29-25-22-8-2-4-10-24(22)35-26(25)27(33)30-20-13-11-18(12-14-20)28(34)32-17-21-7-5-15-31(21)16-19-6-1-3-9-23(19)32/h1-15H,16-17H2,(H,30,33). The van der Waals surface area contributed by atoms with Crippen molar-refractivity contribution in [3.63, 3.8) is 0 Å². The minimum Gasteiger partial charge on any atom is -0.345 e. The number of hydrogen-bond donors (Lipinski definition) is 1. The number of carbonyl (C=O) groups is 2. The summed E-state index contributed by atoms with van der Waals surface area (Å²) in [6, 6.07) is 26.7. The molecular formula is C28H20ClN3O2S. The molecule has 7 heteroatoms. The minimum atomic E-state index is -0.266. The first-order valence-corrected chi connectivity index (χ1v) is 12.4. The number of halogens is 1. The largest absolute Gasteiger partial charge is 0.345 e. The Hall–Kier alpha value is -3.87. The van der Waals surface area contributed by atoms with Crippen LogP contribution in [0.5, 0.6) is 0 Å². The molecule has 5 aromatic rings. The smallest absolute Gasteiger partial charge is 0.267 e. The van der Waals surface area contributed by atoms with Crippen molar-refractivity contribution >= 4 is 56.2 Å². The second-order valence-corrected chi connectivity index (χ2v) is 9.85. The first-order valence-electron chi connectivity index (χ1n) is 11.2. The van der Waals surface area contributed by atoms with E-state index in [4.69, 9.17) is 11.6 Å². The van der Waals surface area contributed by atoms with Gasteiger partial charge in [-0.1, -0.05) is 48.0 Å². The molecule has 0 atom stereocenters. The number of anilines is 2. The summed E-state index contributed by atoms with van der Waals surface area (Å²) in [4.78, 5) is 28.7. The molecule has 1 aliphatic rings. The van der Waals surface area contributed by atoms with Crippen molar-refractivity contribution in [1.29, 1.82) is 0 Å². The summed E-state index contributed by atoms with van der Waals surface area (Å²) in [6.45, 7) is 1.22. The molecule has 0 radical (unpaired) electrons. The molecule has 0 fully saturated rings. The van der Waals surface area contributed by atoms with Crippen molar-refractivity contribution in [3.8, 4) is 0 Å². The van der Waals surface area contributed by atoms with Gasteiger partial charge in [-0.15, -0.1) is 11.3 Å². The maximum atomic E-state index is 13.6. The number of aromatic nitrogens is 1. The number of amides is 2. The molecule has 6 rings (SSSR count). The lowest BCUT2D eigenvalue weighted by Gasteiger charge is -2.23. The molecule has 3 heterocycles. The van der Waals surface area contributed by atoms with Crippen molar-refractivity contribution in [1.82, 2.24) is 4.57 Å². The lowest BCUT2D eigenvalue weighted by atomic mass is 10.1. The van der Waals surface area contributed by atoms with Crippen molar-refractivity contribution in [2.45, 2.75) is 13.1 Å². The van der Waals surface area contributed by atoms with E-state index in [9.17, 15) is 9.59 Å². The molecule has 1 N–H and O–H groups in total. The van der Waals surface area contributed by atoms with Crippen molar-refractivity contribution in [3.05, 3.63) is 118 Å². The number of para-hydroxylation sites is 1. The summed E-state index contributed by atoms with van der Waals surface area (Å²) in [5, 5.41) is 4.23. The van der Waals surface area contributed by atoms with Crippen LogP contribution in [-0.4, -0.2) is 16.4 Å². The van der Waals surface area contributed by atoms with Crippen LogP contribution in [0.3, 0.4) is 0 Å². The van der Waals surface area contributed by atoms with E-state index in [0.717, 1.165) is 33.6 Å². The summed E-state index contributed by atoms with van der Waals surface area (Å²) < 4.78 is 3.14.